The molecule has 0 aromatic heterocycles. The number of hydrogen-bond acceptors (Lipinski definition) is 5. The van der Waals surface area contributed by atoms with Crippen LogP contribution in [0.3, 0.4) is 0 Å². The number of sulfonamides is 1. The van der Waals surface area contributed by atoms with Gasteiger partial charge in [0.25, 0.3) is 0 Å². The number of rotatable bonds is 6. The molecule has 0 aliphatic rings. The maximum absolute atomic E-state index is 12.7. The second-order valence-electron chi connectivity index (χ2n) is 8.04. The summed E-state index contributed by atoms with van der Waals surface area (Å²) in [5.74, 6) is -0.705. The number of carbonyl (C=O) groups excluding carboxylic acids is 1. The molecule has 0 bridgehead atoms. The van der Waals surface area contributed by atoms with Crippen LogP contribution in [0.2, 0.25) is 5.02 Å². The molecule has 1 unspecified atom stereocenters. The maximum Gasteiger partial charge on any atom is 0.327 e. The lowest BCUT2D eigenvalue weighted by Crippen LogP contribution is -2.48. The Morgan fingerprint density at radius 3 is 2.19 bits per heavy atom. The molecule has 6 nitrogen and oxygen atoms in total. The first-order chi connectivity index (χ1) is 11.6. The average molecular weight is 406 g/mol. The fourth-order valence-corrected chi connectivity index (χ4v) is 3.29. The molecule has 0 radical (unpaired) electrons. The Kier molecular flexibility index (Phi) is 7.26. The molecule has 0 aliphatic carbocycles. The van der Waals surface area contributed by atoms with Gasteiger partial charge in [-0.3, -0.25) is 4.79 Å². The molecule has 0 aliphatic heterocycles. The van der Waals surface area contributed by atoms with Crippen molar-refractivity contribution in [1.82, 2.24) is 4.72 Å². The van der Waals surface area contributed by atoms with E-state index in [1.54, 1.807) is 33.8 Å². The number of nitrogens with one attached hydrogen (secondary N) is 1. The molecule has 0 saturated heterocycles. The highest BCUT2D eigenvalue weighted by molar-refractivity contribution is 7.89. The highest BCUT2D eigenvalue weighted by Crippen LogP contribution is 2.21. The van der Waals surface area contributed by atoms with Crippen molar-refractivity contribution in [3.05, 3.63) is 28.8 Å². The van der Waals surface area contributed by atoms with Crippen LogP contribution in [-0.2, 0) is 24.3 Å². The van der Waals surface area contributed by atoms with Crippen LogP contribution in [-0.4, -0.2) is 38.2 Å². The number of aryl methyl sites for hydroxylation is 1. The standard InChI is InChI=1S/C18H28ClNO5S/c1-12-8-9-13(10-14(12)19)26(22,23)20-15(11-24-17(2,3)4)16(21)25-18(5,6)7/h8-10,15,20H,11H2,1-7H3. The van der Waals surface area contributed by atoms with Gasteiger partial charge in [0.2, 0.25) is 10.0 Å². The lowest BCUT2D eigenvalue weighted by atomic mass is 10.2. The van der Waals surface area contributed by atoms with Crippen LogP contribution in [0.25, 0.3) is 0 Å². The van der Waals surface area contributed by atoms with Gasteiger partial charge in [-0.15, -0.1) is 0 Å². The van der Waals surface area contributed by atoms with E-state index in [9.17, 15) is 13.2 Å². The van der Waals surface area contributed by atoms with Crippen molar-refractivity contribution in [3.63, 3.8) is 0 Å². The first kappa shape index (κ1) is 22.9. The van der Waals surface area contributed by atoms with Crippen LogP contribution < -0.4 is 4.72 Å². The third-order valence-corrected chi connectivity index (χ3v) is 5.00. The van der Waals surface area contributed by atoms with Crippen LogP contribution in [0.5, 0.6) is 0 Å². The maximum atomic E-state index is 12.7. The van der Waals surface area contributed by atoms with E-state index in [1.165, 1.54) is 12.1 Å². The van der Waals surface area contributed by atoms with E-state index in [-0.39, 0.29) is 11.5 Å². The number of hydrogen-bond donors (Lipinski definition) is 1. The topological polar surface area (TPSA) is 81.7 Å². The normalized spacial score (nSPS) is 14.2. The predicted molar refractivity (Wildman–Crippen MR) is 102 cm³/mol. The highest BCUT2D eigenvalue weighted by atomic mass is 35.5. The van der Waals surface area contributed by atoms with E-state index in [0.29, 0.717) is 5.02 Å². The minimum Gasteiger partial charge on any atom is -0.459 e. The molecule has 0 fully saturated rings. The summed E-state index contributed by atoms with van der Waals surface area (Å²) in [7, 11) is -3.98. The zero-order valence-corrected chi connectivity index (χ0v) is 17.9. The van der Waals surface area contributed by atoms with Crippen molar-refractivity contribution >= 4 is 27.6 Å². The first-order valence-electron chi connectivity index (χ1n) is 8.26. The quantitative estimate of drug-likeness (QED) is 0.733. The number of halogens is 1. The van der Waals surface area contributed by atoms with Crippen LogP contribution >= 0.6 is 11.6 Å². The van der Waals surface area contributed by atoms with Crippen LogP contribution in [0, 0.1) is 6.92 Å². The summed E-state index contributed by atoms with van der Waals surface area (Å²) in [5, 5.41) is 0.327. The summed E-state index contributed by atoms with van der Waals surface area (Å²) >= 11 is 6.02. The monoisotopic (exact) mass is 405 g/mol. The molecular weight excluding hydrogens is 378 g/mol. The van der Waals surface area contributed by atoms with E-state index >= 15 is 0 Å². The molecular formula is C18H28ClNO5S. The molecule has 148 valence electrons. The molecule has 8 heteroatoms. The van der Waals surface area contributed by atoms with Gasteiger partial charge >= 0.3 is 5.97 Å². The Balaban J connectivity index is 3.08. The lowest BCUT2D eigenvalue weighted by Gasteiger charge is -2.27. The van der Waals surface area contributed by atoms with Crippen LogP contribution in [0.1, 0.15) is 47.1 Å². The minimum absolute atomic E-state index is 0.0302. The number of ether oxygens (including phenoxy) is 2. The van der Waals surface area contributed by atoms with Crippen molar-refractivity contribution in [2.75, 3.05) is 6.61 Å². The molecule has 1 aromatic carbocycles. The zero-order valence-electron chi connectivity index (χ0n) is 16.3. The van der Waals surface area contributed by atoms with Gasteiger partial charge in [0, 0.05) is 5.02 Å². The Morgan fingerprint density at radius 1 is 1.15 bits per heavy atom. The largest absolute Gasteiger partial charge is 0.459 e. The predicted octanol–water partition coefficient (Wildman–Crippen LogP) is 3.45. The summed E-state index contributed by atoms with van der Waals surface area (Å²) in [4.78, 5) is 12.4. The summed E-state index contributed by atoms with van der Waals surface area (Å²) in [6, 6.07) is 3.19. The molecule has 1 N–H and O–H groups in total. The summed E-state index contributed by atoms with van der Waals surface area (Å²) in [6.45, 7) is 12.2. The average Bonchev–Trinajstić information content (AvgIpc) is 2.43. The van der Waals surface area contributed by atoms with Gasteiger partial charge in [-0.25, -0.2) is 8.42 Å². The van der Waals surface area contributed by atoms with Gasteiger partial charge in [-0.05, 0) is 66.2 Å². The van der Waals surface area contributed by atoms with Gasteiger partial charge in [-0.1, -0.05) is 17.7 Å². The fraction of sp³-hybridized carbons (Fsp3) is 0.611. The van der Waals surface area contributed by atoms with Crippen molar-refractivity contribution in [1.29, 1.82) is 0 Å². The number of esters is 1. The molecule has 1 rings (SSSR count). The third-order valence-electron chi connectivity index (χ3n) is 3.13. The summed E-state index contributed by atoms with van der Waals surface area (Å²) < 4.78 is 38.6. The van der Waals surface area contributed by atoms with Gasteiger partial charge < -0.3 is 9.47 Å². The van der Waals surface area contributed by atoms with Crippen molar-refractivity contribution in [2.24, 2.45) is 0 Å². The van der Waals surface area contributed by atoms with Crippen LogP contribution in [0.4, 0.5) is 0 Å². The van der Waals surface area contributed by atoms with E-state index in [1.807, 2.05) is 20.8 Å². The van der Waals surface area contributed by atoms with Crippen molar-refractivity contribution in [3.8, 4) is 0 Å². The smallest absolute Gasteiger partial charge is 0.327 e. The van der Waals surface area contributed by atoms with E-state index in [0.717, 1.165) is 5.56 Å². The van der Waals surface area contributed by atoms with Gasteiger partial charge in [0.15, 0.2) is 0 Å². The highest BCUT2D eigenvalue weighted by Gasteiger charge is 2.31. The van der Waals surface area contributed by atoms with Gasteiger partial charge in [0.1, 0.15) is 11.6 Å². The first-order valence-corrected chi connectivity index (χ1v) is 10.1. The van der Waals surface area contributed by atoms with Crippen molar-refractivity contribution < 1.29 is 22.7 Å². The minimum atomic E-state index is -3.98. The molecule has 0 spiro atoms. The van der Waals surface area contributed by atoms with E-state index < -0.39 is 33.2 Å². The number of carbonyl (C=O) groups is 1. The Morgan fingerprint density at radius 2 is 1.73 bits per heavy atom. The molecule has 0 saturated carbocycles. The zero-order chi connectivity index (χ0) is 20.3. The SMILES string of the molecule is Cc1ccc(S(=O)(=O)NC(COC(C)(C)C)C(=O)OC(C)(C)C)cc1Cl. The molecule has 1 aromatic rings. The third kappa shape index (κ3) is 7.61. The molecule has 26 heavy (non-hydrogen) atoms. The second-order valence-corrected chi connectivity index (χ2v) is 10.2. The van der Waals surface area contributed by atoms with Crippen LogP contribution in [0.15, 0.2) is 23.1 Å². The number of benzene rings is 1. The fourth-order valence-electron chi connectivity index (χ4n) is 1.85. The van der Waals surface area contributed by atoms with E-state index in [4.69, 9.17) is 21.1 Å². The summed E-state index contributed by atoms with van der Waals surface area (Å²) in [5.41, 5.74) is -0.542. The molecule has 0 heterocycles. The summed E-state index contributed by atoms with van der Waals surface area (Å²) in [6.07, 6.45) is 0. The van der Waals surface area contributed by atoms with Gasteiger partial charge in [-0.2, -0.15) is 4.72 Å². The Bertz CT molecular complexity index is 748. The second kappa shape index (κ2) is 8.25. The van der Waals surface area contributed by atoms with Gasteiger partial charge in [0.05, 0.1) is 17.1 Å². The van der Waals surface area contributed by atoms with Crippen molar-refractivity contribution in [2.45, 2.75) is 70.6 Å². The Hall–Kier alpha value is -1.15. The molecule has 1 atom stereocenters. The Labute approximate surface area is 161 Å². The lowest BCUT2D eigenvalue weighted by molar-refractivity contribution is -0.159. The van der Waals surface area contributed by atoms with E-state index in [2.05, 4.69) is 4.72 Å². The molecule has 0 amide bonds.